The van der Waals surface area contributed by atoms with Crippen LogP contribution in [0.25, 0.3) is 11.4 Å². The van der Waals surface area contributed by atoms with Crippen molar-refractivity contribution in [1.29, 1.82) is 0 Å². The van der Waals surface area contributed by atoms with Crippen LogP contribution in [0, 0.1) is 17.5 Å². The Balaban J connectivity index is 1.55. The van der Waals surface area contributed by atoms with Gasteiger partial charge in [-0.05, 0) is 42.5 Å². The lowest BCUT2D eigenvalue weighted by Gasteiger charge is -2.28. The first-order chi connectivity index (χ1) is 13.0. The maximum atomic E-state index is 13.4. The van der Waals surface area contributed by atoms with Gasteiger partial charge in [0.1, 0.15) is 5.82 Å². The summed E-state index contributed by atoms with van der Waals surface area (Å²) in [6.07, 6.45) is 2.16. The van der Waals surface area contributed by atoms with Crippen molar-refractivity contribution in [1.82, 2.24) is 14.9 Å². The molecule has 0 fully saturated rings. The minimum Gasteiger partial charge on any atom is -0.334 e. The number of aromatic nitrogens is 2. The largest absolute Gasteiger partial charge is 0.334 e. The summed E-state index contributed by atoms with van der Waals surface area (Å²) in [5.74, 6) is -2.25. The Bertz CT molecular complexity index is 1020. The third-order valence-corrected chi connectivity index (χ3v) is 4.49. The number of nitrogens with zero attached hydrogens (tertiary/aromatic N) is 3. The van der Waals surface area contributed by atoms with Gasteiger partial charge in [-0.15, -0.1) is 0 Å². The zero-order valence-corrected chi connectivity index (χ0v) is 14.1. The molecular formula is C20H14F3N3O. The van der Waals surface area contributed by atoms with Gasteiger partial charge in [0.2, 0.25) is 0 Å². The van der Waals surface area contributed by atoms with E-state index in [1.54, 1.807) is 23.2 Å². The molecule has 3 aromatic rings. The molecule has 4 rings (SSSR count). The second-order valence-electron chi connectivity index (χ2n) is 6.28. The lowest BCUT2D eigenvalue weighted by molar-refractivity contribution is 0.0732. The molecule has 0 aliphatic carbocycles. The minimum atomic E-state index is -1.05. The molecule has 0 N–H and O–H groups in total. The van der Waals surface area contributed by atoms with Gasteiger partial charge < -0.3 is 4.90 Å². The average molecular weight is 369 g/mol. The molecule has 0 radical (unpaired) electrons. The Morgan fingerprint density at radius 3 is 2.52 bits per heavy atom. The molecule has 7 heteroatoms. The van der Waals surface area contributed by atoms with Crippen molar-refractivity contribution in [2.24, 2.45) is 0 Å². The summed E-state index contributed by atoms with van der Waals surface area (Å²) in [4.78, 5) is 22.9. The van der Waals surface area contributed by atoms with Crippen molar-refractivity contribution in [3.05, 3.63) is 82.9 Å². The van der Waals surface area contributed by atoms with Crippen molar-refractivity contribution >= 4 is 5.91 Å². The van der Waals surface area contributed by atoms with E-state index in [0.29, 0.717) is 24.4 Å². The maximum Gasteiger partial charge on any atom is 0.254 e. The zero-order chi connectivity index (χ0) is 19.0. The molecule has 0 unspecified atom stereocenters. The third-order valence-electron chi connectivity index (χ3n) is 4.49. The highest BCUT2D eigenvalue weighted by Crippen LogP contribution is 2.23. The number of rotatable bonds is 2. The standard InChI is InChI=1S/C20H14F3N3O/c21-15-4-1-12(2-5-15)19-24-10-14-11-26(8-7-18(14)25-19)20(27)13-3-6-16(22)17(23)9-13/h1-6,9-10H,7-8,11H2. The van der Waals surface area contributed by atoms with Crippen LogP contribution in [0.1, 0.15) is 21.6 Å². The zero-order valence-electron chi connectivity index (χ0n) is 14.1. The van der Waals surface area contributed by atoms with E-state index in [9.17, 15) is 18.0 Å². The fourth-order valence-corrected chi connectivity index (χ4v) is 3.04. The number of halogens is 3. The molecule has 2 heterocycles. The highest BCUT2D eigenvalue weighted by molar-refractivity contribution is 5.94. The lowest BCUT2D eigenvalue weighted by Crippen LogP contribution is -2.36. The molecule has 1 amide bonds. The van der Waals surface area contributed by atoms with Crippen LogP contribution in [0.5, 0.6) is 0 Å². The summed E-state index contributed by atoms with van der Waals surface area (Å²) in [6, 6.07) is 9.03. The van der Waals surface area contributed by atoms with Crippen LogP contribution in [-0.4, -0.2) is 27.3 Å². The van der Waals surface area contributed by atoms with E-state index in [1.165, 1.54) is 18.2 Å². The van der Waals surface area contributed by atoms with E-state index >= 15 is 0 Å². The van der Waals surface area contributed by atoms with Crippen LogP contribution >= 0.6 is 0 Å². The Labute approximate surface area is 153 Å². The van der Waals surface area contributed by atoms with Crippen molar-refractivity contribution in [2.45, 2.75) is 13.0 Å². The number of fused-ring (bicyclic) bond motifs is 1. The number of amides is 1. The molecule has 4 nitrogen and oxygen atoms in total. The molecule has 2 aromatic carbocycles. The predicted octanol–water partition coefficient (Wildman–Crippen LogP) is 3.76. The fraction of sp³-hybridized carbons (Fsp3) is 0.150. The predicted molar refractivity (Wildman–Crippen MR) is 92.2 cm³/mol. The molecule has 0 saturated carbocycles. The van der Waals surface area contributed by atoms with Gasteiger partial charge in [0.25, 0.3) is 5.91 Å². The molecule has 0 saturated heterocycles. The number of hydrogen-bond acceptors (Lipinski definition) is 3. The molecule has 0 bridgehead atoms. The maximum absolute atomic E-state index is 13.4. The molecule has 1 aromatic heterocycles. The summed E-state index contributed by atoms with van der Waals surface area (Å²) >= 11 is 0. The average Bonchev–Trinajstić information content (AvgIpc) is 2.69. The van der Waals surface area contributed by atoms with Crippen molar-refractivity contribution in [3.8, 4) is 11.4 Å². The molecule has 1 aliphatic rings. The first-order valence-electron chi connectivity index (χ1n) is 8.36. The summed E-state index contributed by atoms with van der Waals surface area (Å²) in [6.45, 7) is 0.696. The van der Waals surface area contributed by atoms with E-state index in [2.05, 4.69) is 9.97 Å². The Morgan fingerprint density at radius 1 is 1.00 bits per heavy atom. The van der Waals surface area contributed by atoms with Gasteiger partial charge >= 0.3 is 0 Å². The Hall–Kier alpha value is -3.22. The monoisotopic (exact) mass is 369 g/mol. The van der Waals surface area contributed by atoms with E-state index in [1.807, 2.05) is 0 Å². The summed E-state index contributed by atoms with van der Waals surface area (Å²) in [5, 5.41) is 0. The quantitative estimate of drug-likeness (QED) is 0.691. The van der Waals surface area contributed by atoms with Crippen LogP contribution in [0.3, 0.4) is 0 Å². The second kappa shape index (κ2) is 6.83. The summed E-state index contributed by atoms with van der Waals surface area (Å²) < 4.78 is 39.5. The smallest absolute Gasteiger partial charge is 0.254 e. The van der Waals surface area contributed by atoms with Crippen LogP contribution in [-0.2, 0) is 13.0 Å². The molecule has 0 atom stereocenters. The van der Waals surface area contributed by atoms with E-state index < -0.39 is 11.6 Å². The highest BCUT2D eigenvalue weighted by Gasteiger charge is 2.24. The van der Waals surface area contributed by atoms with Gasteiger partial charge in [-0.2, -0.15) is 0 Å². The van der Waals surface area contributed by atoms with Crippen molar-refractivity contribution < 1.29 is 18.0 Å². The van der Waals surface area contributed by atoms with Crippen LogP contribution in [0.2, 0.25) is 0 Å². The van der Waals surface area contributed by atoms with Crippen LogP contribution < -0.4 is 0 Å². The molecule has 136 valence electrons. The van der Waals surface area contributed by atoms with Gasteiger partial charge in [-0.1, -0.05) is 0 Å². The van der Waals surface area contributed by atoms with Gasteiger partial charge in [-0.3, -0.25) is 4.79 Å². The van der Waals surface area contributed by atoms with Gasteiger partial charge in [0.05, 0.1) is 5.69 Å². The highest BCUT2D eigenvalue weighted by atomic mass is 19.2. The van der Waals surface area contributed by atoms with Crippen LogP contribution in [0.15, 0.2) is 48.7 Å². The van der Waals surface area contributed by atoms with E-state index in [4.69, 9.17) is 0 Å². The number of hydrogen-bond donors (Lipinski definition) is 0. The lowest BCUT2D eigenvalue weighted by atomic mass is 10.1. The molecular weight excluding hydrogens is 355 g/mol. The first kappa shape index (κ1) is 17.2. The normalized spacial score (nSPS) is 13.4. The molecule has 1 aliphatic heterocycles. The van der Waals surface area contributed by atoms with Gasteiger partial charge in [0, 0.05) is 42.4 Å². The van der Waals surface area contributed by atoms with E-state index in [0.717, 1.165) is 23.4 Å². The van der Waals surface area contributed by atoms with Crippen molar-refractivity contribution in [3.63, 3.8) is 0 Å². The topological polar surface area (TPSA) is 46.1 Å². The Kier molecular flexibility index (Phi) is 4.35. The fourth-order valence-electron chi connectivity index (χ4n) is 3.04. The number of carbonyl (C=O) groups excluding carboxylic acids is 1. The molecule has 0 spiro atoms. The second-order valence-corrected chi connectivity index (χ2v) is 6.28. The van der Waals surface area contributed by atoms with Gasteiger partial charge in [0.15, 0.2) is 17.5 Å². The summed E-state index contributed by atoms with van der Waals surface area (Å²) in [7, 11) is 0. The van der Waals surface area contributed by atoms with E-state index in [-0.39, 0.29) is 23.8 Å². The van der Waals surface area contributed by atoms with Crippen molar-refractivity contribution in [2.75, 3.05) is 6.54 Å². The van der Waals surface area contributed by atoms with Gasteiger partial charge in [-0.25, -0.2) is 23.1 Å². The SMILES string of the molecule is O=C(c1ccc(F)c(F)c1)N1CCc2nc(-c3ccc(F)cc3)ncc2C1. The first-order valence-corrected chi connectivity index (χ1v) is 8.36. The number of benzene rings is 2. The minimum absolute atomic E-state index is 0.0983. The Morgan fingerprint density at radius 2 is 1.78 bits per heavy atom. The summed E-state index contributed by atoms with van der Waals surface area (Å²) in [5.41, 5.74) is 2.42. The number of carbonyl (C=O) groups is 1. The third kappa shape index (κ3) is 3.40. The molecule has 27 heavy (non-hydrogen) atoms. The van der Waals surface area contributed by atoms with Crippen LogP contribution in [0.4, 0.5) is 13.2 Å².